The van der Waals surface area contributed by atoms with E-state index < -0.39 is 24.4 Å². The van der Waals surface area contributed by atoms with E-state index in [1.807, 2.05) is 0 Å². The summed E-state index contributed by atoms with van der Waals surface area (Å²) >= 11 is 0. The molecular weight excluding hydrogens is 118 g/mol. The molecule has 1 heterocycles. The van der Waals surface area contributed by atoms with Crippen LogP contribution in [0.4, 0.5) is 0 Å². The number of rotatable bonds is 1. The molecule has 0 radical (unpaired) electrons. The Morgan fingerprint density at radius 1 is 2.00 bits per heavy atom. The fourth-order valence-corrected chi connectivity index (χ4v) is 0.495. The Labute approximate surface area is 59.0 Å². The van der Waals surface area contributed by atoms with Crippen molar-refractivity contribution in [2.24, 2.45) is 0 Å². The third kappa shape index (κ3) is 1.54. The van der Waals surface area contributed by atoms with Gasteiger partial charge in [0.05, 0.1) is 0 Å². The van der Waals surface area contributed by atoms with Crippen LogP contribution in [0.1, 0.15) is 11.9 Å². The maximum Gasteiger partial charge on any atom is 0.332 e. The summed E-state index contributed by atoms with van der Waals surface area (Å²) in [6.45, 7) is -2.38. The van der Waals surface area contributed by atoms with Gasteiger partial charge in [-0.25, -0.2) is 4.79 Å². The summed E-state index contributed by atoms with van der Waals surface area (Å²) in [5.74, 6) is -1.44. The van der Waals surface area contributed by atoms with Crippen LogP contribution in [0.2, 0.25) is 0 Å². The Morgan fingerprint density at radius 3 is 3.33 bits per heavy atom. The molecule has 0 saturated carbocycles. The second-order valence-corrected chi connectivity index (χ2v) is 1.55. The number of nitrogens with one attached hydrogen (secondary N) is 1. The van der Waals surface area contributed by atoms with Crippen molar-refractivity contribution in [3.05, 3.63) is 11.6 Å². The van der Waals surface area contributed by atoms with Crippen molar-refractivity contribution < 1.29 is 15.4 Å². The molecule has 0 saturated heterocycles. The van der Waals surface area contributed by atoms with Crippen molar-refractivity contribution in [1.29, 1.82) is 0 Å². The second kappa shape index (κ2) is 2.64. The summed E-state index contributed by atoms with van der Waals surface area (Å²) in [5, 5.41) is 10.8. The zero-order chi connectivity index (χ0) is 10.3. The third-order valence-electron chi connectivity index (χ3n) is 0.890. The van der Waals surface area contributed by atoms with Gasteiger partial charge in [0.2, 0.25) is 0 Å². The average molecular weight is 131 g/mol. The zero-order valence-corrected chi connectivity index (χ0v) is 4.64. The molecule has 0 fully saturated rings. The number of carboxylic acid groups (broad SMARTS) is 1. The van der Waals surface area contributed by atoms with Gasteiger partial charge in [0.25, 0.3) is 0 Å². The van der Waals surface area contributed by atoms with E-state index in [4.69, 9.17) is 10.6 Å². The highest BCUT2D eigenvalue weighted by atomic mass is 16.4. The van der Waals surface area contributed by atoms with Gasteiger partial charge in [-0.2, -0.15) is 0 Å². The maximum absolute atomic E-state index is 10.5. The van der Waals surface area contributed by atoms with Crippen LogP contribution in [-0.4, -0.2) is 24.1 Å². The second-order valence-electron chi connectivity index (χ2n) is 1.55. The van der Waals surface area contributed by atoms with Crippen molar-refractivity contribution in [1.82, 2.24) is 5.32 Å². The highest BCUT2D eigenvalue weighted by Gasteiger charge is 2.08. The Hall–Kier alpha value is -0.830. The Morgan fingerprint density at radius 2 is 2.78 bits per heavy atom. The van der Waals surface area contributed by atoms with Crippen LogP contribution in [0.15, 0.2) is 11.6 Å². The summed E-state index contributed by atoms with van der Waals surface area (Å²) in [4.78, 5) is 10.5. The highest BCUT2D eigenvalue weighted by Crippen LogP contribution is 1.99. The summed E-state index contributed by atoms with van der Waals surface area (Å²) in [6, 6.07) is 0. The molecule has 9 heavy (non-hydrogen) atoms. The standard InChI is InChI=1S/C6H9NO2/c8-6(9)5-2-1-3-7-4-5/h2,7H,1,3-4H2,(H,8,9)/i1D2,4D2. The van der Waals surface area contributed by atoms with Gasteiger partial charge in [-0.1, -0.05) is 6.08 Å². The summed E-state index contributed by atoms with van der Waals surface area (Å²) < 4.78 is 28.9. The maximum atomic E-state index is 10.5. The predicted octanol–water partition coefficient (Wildman–Crippen LogP) is -0.00930. The SMILES string of the molecule is [2H]C1([2H])C=C(C(=O)O)C([2H])([2H])NC1. The summed E-state index contributed by atoms with van der Waals surface area (Å²) in [5.41, 5.74) is -0.580. The van der Waals surface area contributed by atoms with Gasteiger partial charge in [0, 0.05) is 17.6 Å². The molecule has 0 bridgehead atoms. The fraction of sp³-hybridized carbons (Fsp3) is 0.500. The number of carboxylic acids is 1. The molecule has 1 aliphatic rings. The van der Waals surface area contributed by atoms with Crippen LogP contribution in [0.5, 0.6) is 0 Å². The molecule has 50 valence electrons. The molecular formula is C6H9NO2. The lowest BCUT2D eigenvalue weighted by Crippen LogP contribution is -2.25. The molecule has 0 unspecified atom stereocenters. The zero-order valence-electron chi connectivity index (χ0n) is 8.64. The molecule has 0 amide bonds. The first-order valence-electron chi connectivity index (χ1n) is 4.46. The molecule has 0 aromatic heterocycles. The normalized spacial score (nSPS) is 36.7. The topological polar surface area (TPSA) is 49.3 Å². The Bertz CT molecular complexity index is 274. The van der Waals surface area contributed by atoms with Crippen LogP contribution < -0.4 is 5.32 Å². The molecule has 0 spiro atoms. The van der Waals surface area contributed by atoms with Gasteiger partial charge in [-0.05, 0) is 12.9 Å². The lowest BCUT2D eigenvalue weighted by Gasteiger charge is -2.09. The van der Waals surface area contributed by atoms with Gasteiger partial charge in [0.1, 0.15) is 0 Å². The van der Waals surface area contributed by atoms with Crippen LogP contribution >= 0.6 is 0 Å². The van der Waals surface area contributed by atoms with Gasteiger partial charge in [-0.3, -0.25) is 0 Å². The molecule has 0 aliphatic carbocycles. The van der Waals surface area contributed by atoms with E-state index in [9.17, 15) is 4.79 Å². The smallest absolute Gasteiger partial charge is 0.332 e. The monoisotopic (exact) mass is 131 g/mol. The van der Waals surface area contributed by atoms with Gasteiger partial charge < -0.3 is 10.4 Å². The van der Waals surface area contributed by atoms with Gasteiger partial charge in [0.15, 0.2) is 0 Å². The summed E-state index contributed by atoms with van der Waals surface area (Å²) in [6.07, 6.45) is -0.995. The molecule has 0 aromatic carbocycles. The van der Waals surface area contributed by atoms with E-state index in [0.29, 0.717) is 0 Å². The average Bonchev–Trinajstić information content (AvgIpc) is 1.95. The highest BCUT2D eigenvalue weighted by molar-refractivity contribution is 5.87. The van der Waals surface area contributed by atoms with Crippen LogP contribution in [0.3, 0.4) is 0 Å². The molecule has 0 atom stereocenters. The Balaban J connectivity index is 3.08. The number of hydrogen-bond acceptors (Lipinski definition) is 2. The van der Waals surface area contributed by atoms with Gasteiger partial charge in [-0.15, -0.1) is 0 Å². The quantitative estimate of drug-likeness (QED) is 0.526. The van der Waals surface area contributed by atoms with E-state index in [1.165, 1.54) is 0 Å². The van der Waals surface area contributed by atoms with Gasteiger partial charge >= 0.3 is 5.97 Å². The van der Waals surface area contributed by atoms with Crippen LogP contribution in [0, 0.1) is 0 Å². The van der Waals surface area contributed by atoms with E-state index in [2.05, 4.69) is 5.32 Å². The van der Waals surface area contributed by atoms with Crippen molar-refractivity contribution >= 4 is 5.97 Å². The molecule has 3 nitrogen and oxygen atoms in total. The van der Waals surface area contributed by atoms with Crippen molar-refractivity contribution in [3.8, 4) is 0 Å². The molecule has 3 heteroatoms. The summed E-state index contributed by atoms with van der Waals surface area (Å²) in [7, 11) is 0. The molecule has 1 aliphatic heterocycles. The first kappa shape index (κ1) is 2.84. The largest absolute Gasteiger partial charge is 0.478 e. The van der Waals surface area contributed by atoms with E-state index in [-0.39, 0.29) is 6.54 Å². The number of carbonyl (C=O) groups is 1. The minimum absolute atomic E-state index is 0.225. The minimum Gasteiger partial charge on any atom is -0.478 e. The predicted molar refractivity (Wildman–Crippen MR) is 33.2 cm³/mol. The van der Waals surface area contributed by atoms with Crippen molar-refractivity contribution in [2.75, 3.05) is 13.0 Å². The van der Waals surface area contributed by atoms with E-state index in [1.54, 1.807) is 0 Å². The fourth-order valence-electron chi connectivity index (χ4n) is 0.495. The third-order valence-corrected chi connectivity index (χ3v) is 0.890. The van der Waals surface area contributed by atoms with Crippen LogP contribution in [0.25, 0.3) is 0 Å². The van der Waals surface area contributed by atoms with Crippen LogP contribution in [-0.2, 0) is 4.79 Å². The number of aliphatic carboxylic acids is 1. The number of hydrogen-bond donors (Lipinski definition) is 2. The molecule has 0 aromatic rings. The lowest BCUT2D eigenvalue weighted by atomic mass is 10.1. The Kier molecular flexibility index (Phi) is 0.832. The van der Waals surface area contributed by atoms with E-state index in [0.717, 1.165) is 6.08 Å². The van der Waals surface area contributed by atoms with Crippen molar-refractivity contribution in [3.63, 3.8) is 0 Å². The molecule has 2 N–H and O–H groups in total. The minimum atomic E-state index is -2.16. The van der Waals surface area contributed by atoms with Crippen molar-refractivity contribution in [2.45, 2.75) is 6.37 Å². The first-order valence-corrected chi connectivity index (χ1v) is 2.46. The lowest BCUT2D eigenvalue weighted by molar-refractivity contribution is -0.132. The van der Waals surface area contributed by atoms with E-state index >= 15 is 0 Å². The first-order chi connectivity index (χ1) is 5.75. The molecule has 1 rings (SSSR count).